The van der Waals surface area contributed by atoms with Crippen molar-refractivity contribution in [3.8, 4) is 0 Å². The van der Waals surface area contributed by atoms with Crippen LogP contribution in [0.25, 0.3) is 0 Å². The van der Waals surface area contributed by atoms with E-state index in [-0.39, 0.29) is 6.61 Å². The molecule has 3 rings (SSSR count). The zero-order chi connectivity index (χ0) is 24.0. The monoisotopic (exact) mass is 472 g/mol. The van der Waals surface area contributed by atoms with Gasteiger partial charge < -0.3 is 30.3 Å². The summed E-state index contributed by atoms with van der Waals surface area (Å²) < 4.78 is 23.6. The molecule has 1 unspecified atom stereocenters. The number of halogens is 1. The molecule has 0 saturated carbocycles. The summed E-state index contributed by atoms with van der Waals surface area (Å²) in [6.45, 7) is 2.23. The van der Waals surface area contributed by atoms with E-state index < -0.39 is 23.9 Å². The van der Waals surface area contributed by atoms with Crippen molar-refractivity contribution in [3.63, 3.8) is 0 Å². The Morgan fingerprint density at radius 3 is 2.48 bits per heavy atom. The summed E-state index contributed by atoms with van der Waals surface area (Å²) in [5.41, 5.74) is 2.74. The molecule has 1 aliphatic rings. The predicted octanol–water partition coefficient (Wildman–Crippen LogP) is 3.79. The summed E-state index contributed by atoms with van der Waals surface area (Å²) in [4.78, 5) is 26.7. The Bertz CT molecular complexity index is 1070. The van der Waals surface area contributed by atoms with Crippen LogP contribution in [0.2, 0.25) is 0 Å². The van der Waals surface area contributed by atoms with Gasteiger partial charge >= 0.3 is 12.0 Å². The number of benzene rings is 2. The van der Waals surface area contributed by atoms with E-state index in [2.05, 4.69) is 16.0 Å². The molecule has 1 atom stereocenters. The summed E-state index contributed by atoms with van der Waals surface area (Å²) in [5, 5.41) is 8.90. The van der Waals surface area contributed by atoms with Crippen molar-refractivity contribution in [2.75, 3.05) is 38.0 Å². The van der Waals surface area contributed by atoms with Gasteiger partial charge in [0.2, 0.25) is 0 Å². The average Bonchev–Trinajstić information content (AvgIpc) is 2.78. The first-order chi connectivity index (χ1) is 15.8. The predicted molar refractivity (Wildman–Crippen MR) is 127 cm³/mol. The molecule has 0 radical (unpaired) electrons. The molecule has 8 nitrogen and oxygen atoms in total. The third kappa shape index (κ3) is 6.05. The fraction of sp³-hybridized carbons (Fsp3) is 0.261. The van der Waals surface area contributed by atoms with Gasteiger partial charge in [-0.1, -0.05) is 18.2 Å². The van der Waals surface area contributed by atoms with Crippen molar-refractivity contribution < 1.29 is 23.5 Å². The second-order valence-electron chi connectivity index (χ2n) is 7.28. The number of esters is 1. The van der Waals surface area contributed by atoms with Crippen molar-refractivity contribution in [3.05, 3.63) is 71.2 Å². The molecule has 2 aromatic carbocycles. The number of nitrogens with zero attached hydrogens (tertiary/aromatic N) is 1. The fourth-order valence-corrected chi connectivity index (χ4v) is 3.52. The van der Waals surface area contributed by atoms with E-state index in [0.717, 1.165) is 5.56 Å². The van der Waals surface area contributed by atoms with Gasteiger partial charge in [0.1, 0.15) is 12.4 Å². The number of ether oxygens (including phenoxy) is 2. The van der Waals surface area contributed by atoms with Crippen LogP contribution >= 0.6 is 12.2 Å². The van der Waals surface area contributed by atoms with Gasteiger partial charge in [0.05, 0.1) is 18.2 Å². The number of allylic oxidation sites excluding steroid dienone is 1. The highest BCUT2D eigenvalue weighted by Crippen LogP contribution is 2.31. The van der Waals surface area contributed by atoms with E-state index in [9.17, 15) is 14.0 Å². The maximum atomic E-state index is 13.3. The van der Waals surface area contributed by atoms with Gasteiger partial charge in [-0.3, -0.25) is 0 Å². The molecular formula is C23H25FN4O4S. The molecule has 1 aliphatic heterocycles. The maximum Gasteiger partial charge on any atom is 0.338 e. The zero-order valence-corrected chi connectivity index (χ0v) is 19.3. The molecule has 0 bridgehead atoms. The first-order valence-corrected chi connectivity index (χ1v) is 10.6. The highest BCUT2D eigenvalue weighted by atomic mass is 32.1. The number of methoxy groups -OCH3 is 1. The van der Waals surface area contributed by atoms with Crippen LogP contribution in [0, 0.1) is 5.82 Å². The molecule has 0 saturated heterocycles. The normalized spacial score (nSPS) is 15.7. The highest BCUT2D eigenvalue weighted by Gasteiger charge is 2.33. The van der Waals surface area contributed by atoms with Gasteiger partial charge in [-0.15, -0.1) is 0 Å². The van der Waals surface area contributed by atoms with E-state index in [1.165, 1.54) is 25.3 Å². The standard InChI is InChI=1S/C23H25FN4O4S/c1-14-19(21(29)32-12-11-31-3)20(27-23(33)28(14)2)15-7-9-17(10-8-15)25-22(30)26-18-6-4-5-16(24)13-18/h4-10,13,20H,11-12H2,1-3H3,(H,27,33)(H2,25,26,30). The maximum absolute atomic E-state index is 13.3. The Morgan fingerprint density at radius 2 is 1.82 bits per heavy atom. The molecular weight excluding hydrogens is 447 g/mol. The van der Waals surface area contributed by atoms with Crippen molar-refractivity contribution >= 4 is 40.7 Å². The molecule has 10 heteroatoms. The Morgan fingerprint density at radius 1 is 1.12 bits per heavy atom. The Kier molecular flexibility index (Phi) is 7.96. The Hall–Kier alpha value is -3.50. The Balaban J connectivity index is 1.75. The quantitative estimate of drug-likeness (QED) is 0.321. The molecule has 3 N–H and O–H groups in total. The third-order valence-corrected chi connectivity index (χ3v) is 5.47. The van der Waals surface area contributed by atoms with Crippen LogP contribution in [0.15, 0.2) is 59.8 Å². The van der Waals surface area contributed by atoms with Crippen LogP contribution in [0.4, 0.5) is 20.6 Å². The van der Waals surface area contributed by atoms with Crippen molar-refractivity contribution in [2.24, 2.45) is 0 Å². The largest absolute Gasteiger partial charge is 0.460 e. The smallest absolute Gasteiger partial charge is 0.338 e. The van der Waals surface area contributed by atoms with Gasteiger partial charge in [0.15, 0.2) is 5.11 Å². The third-order valence-electron chi connectivity index (χ3n) is 5.08. The minimum atomic E-state index is -0.515. The van der Waals surface area contributed by atoms with Crippen LogP contribution in [-0.4, -0.2) is 49.4 Å². The number of carbonyl (C=O) groups is 2. The lowest BCUT2D eigenvalue weighted by Crippen LogP contribution is -2.46. The van der Waals surface area contributed by atoms with E-state index in [4.69, 9.17) is 21.7 Å². The summed E-state index contributed by atoms with van der Waals surface area (Å²) >= 11 is 5.40. The minimum Gasteiger partial charge on any atom is -0.460 e. The van der Waals surface area contributed by atoms with E-state index in [1.54, 1.807) is 49.2 Å². The van der Waals surface area contributed by atoms with E-state index in [0.29, 0.717) is 34.4 Å². The van der Waals surface area contributed by atoms with Crippen LogP contribution in [0.5, 0.6) is 0 Å². The number of thiocarbonyl (C=S) groups is 1. The number of anilines is 2. The number of nitrogens with one attached hydrogen (secondary N) is 3. The molecule has 174 valence electrons. The molecule has 0 spiro atoms. The summed E-state index contributed by atoms with van der Waals surface area (Å²) in [6, 6.07) is 11.5. The van der Waals surface area contributed by atoms with Crippen molar-refractivity contribution in [1.29, 1.82) is 0 Å². The topological polar surface area (TPSA) is 91.9 Å². The zero-order valence-electron chi connectivity index (χ0n) is 18.5. The van der Waals surface area contributed by atoms with Crippen molar-refractivity contribution in [2.45, 2.75) is 13.0 Å². The summed E-state index contributed by atoms with van der Waals surface area (Å²) in [7, 11) is 3.30. The second kappa shape index (κ2) is 10.9. The number of hydrogen-bond acceptors (Lipinski definition) is 5. The SMILES string of the molecule is COCCOC(=O)C1=C(C)N(C)C(=S)NC1c1ccc(NC(=O)Nc2cccc(F)c2)cc1. The molecule has 2 aromatic rings. The van der Waals surface area contributed by atoms with Crippen molar-refractivity contribution in [1.82, 2.24) is 10.2 Å². The first-order valence-electron chi connectivity index (χ1n) is 10.1. The molecule has 0 aromatic heterocycles. The lowest BCUT2D eigenvalue weighted by molar-refractivity contribution is -0.140. The van der Waals surface area contributed by atoms with Crippen LogP contribution in [0.1, 0.15) is 18.5 Å². The number of hydrogen-bond donors (Lipinski definition) is 3. The minimum absolute atomic E-state index is 0.135. The van der Waals surface area contributed by atoms with Gasteiger partial charge in [-0.25, -0.2) is 14.0 Å². The fourth-order valence-electron chi connectivity index (χ4n) is 3.26. The molecule has 0 fully saturated rings. The second-order valence-corrected chi connectivity index (χ2v) is 7.67. The number of rotatable bonds is 7. The van der Waals surface area contributed by atoms with Gasteiger partial charge in [-0.05, 0) is 55.0 Å². The van der Waals surface area contributed by atoms with Crippen LogP contribution < -0.4 is 16.0 Å². The average molecular weight is 473 g/mol. The van der Waals surface area contributed by atoms with Gasteiger partial charge in [0, 0.05) is 31.2 Å². The number of urea groups is 1. The summed E-state index contributed by atoms with van der Waals surface area (Å²) in [5.74, 6) is -0.909. The molecule has 2 amide bonds. The number of amides is 2. The van der Waals surface area contributed by atoms with Crippen LogP contribution in [-0.2, 0) is 14.3 Å². The van der Waals surface area contributed by atoms with Gasteiger partial charge in [0.25, 0.3) is 0 Å². The lowest BCUT2D eigenvalue weighted by Gasteiger charge is -2.35. The Labute approximate surface area is 196 Å². The molecule has 0 aliphatic carbocycles. The number of carbonyl (C=O) groups excluding carboxylic acids is 2. The van der Waals surface area contributed by atoms with Crippen LogP contribution in [0.3, 0.4) is 0 Å². The summed E-state index contributed by atoms with van der Waals surface area (Å²) in [6.07, 6.45) is 0. The van der Waals surface area contributed by atoms with Gasteiger partial charge in [-0.2, -0.15) is 0 Å². The molecule has 1 heterocycles. The first kappa shape index (κ1) is 24.1. The van der Waals surface area contributed by atoms with E-state index in [1.807, 2.05) is 0 Å². The molecule has 33 heavy (non-hydrogen) atoms. The lowest BCUT2D eigenvalue weighted by atomic mass is 9.95. The highest BCUT2D eigenvalue weighted by molar-refractivity contribution is 7.80. The van der Waals surface area contributed by atoms with E-state index >= 15 is 0 Å².